The number of aromatic nitrogens is 2. The van der Waals surface area contributed by atoms with Gasteiger partial charge in [0.25, 0.3) is 16.7 Å². The van der Waals surface area contributed by atoms with Gasteiger partial charge in [-0.15, -0.1) is 0 Å². The molecule has 0 spiro atoms. The lowest BCUT2D eigenvalue weighted by atomic mass is 10.2. The maximum Gasteiger partial charge on any atom is 0.293 e. The van der Waals surface area contributed by atoms with Crippen molar-refractivity contribution in [3.63, 3.8) is 0 Å². The lowest BCUT2D eigenvalue weighted by Crippen LogP contribution is -2.30. The Morgan fingerprint density at radius 1 is 1.06 bits per heavy atom. The molecule has 1 aliphatic heterocycles. The van der Waals surface area contributed by atoms with E-state index in [2.05, 4.69) is 10.1 Å². The number of carbonyl (C=O) groups excluding carboxylic acids is 2. The second-order valence-corrected chi connectivity index (χ2v) is 8.48. The normalized spacial score (nSPS) is 15.4. The van der Waals surface area contributed by atoms with Crippen molar-refractivity contribution in [1.82, 2.24) is 14.7 Å². The largest absolute Gasteiger partial charge is 0.295 e. The highest BCUT2D eigenvalue weighted by atomic mass is 35.5. The Balaban J connectivity index is 1.42. The van der Waals surface area contributed by atoms with Crippen LogP contribution in [-0.2, 0) is 4.79 Å². The summed E-state index contributed by atoms with van der Waals surface area (Å²) in [7, 11) is 0. The summed E-state index contributed by atoms with van der Waals surface area (Å²) in [5.74, 6) is -0.352. The zero-order chi connectivity index (χ0) is 22.7. The van der Waals surface area contributed by atoms with Crippen molar-refractivity contribution < 1.29 is 9.59 Å². The molecule has 0 saturated carbocycles. The summed E-state index contributed by atoms with van der Waals surface area (Å²) in [5, 5.41) is 3.29. The highest BCUT2D eigenvalue weighted by Crippen LogP contribution is 2.32. The maximum atomic E-state index is 12.7. The molecule has 4 rings (SSSR count). The van der Waals surface area contributed by atoms with Gasteiger partial charge in [-0.25, -0.2) is 4.68 Å². The summed E-state index contributed by atoms with van der Waals surface area (Å²) >= 11 is 6.78. The van der Waals surface area contributed by atoms with Crippen molar-refractivity contribution in [2.75, 3.05) is 13.1 Å². The van der Waals surface area contributed by atoms with Crippen molar-refractivity contribution in [2.24, 2.45) is 4.99 Å². The van der Waals surface area contributed by atoms with Crippen molar-refractivity contribution >= 4 is 46.8 Å². The summed E-state index contributed by atoms with van der Waals surface area (Å²) in [6, 6.07) is 16.2. The average Bonchev–Trinajstić information content (AvgIpc) is 3.22. The Labute approximate surface area is 193 Å². The van der Waals surface area contributed by atoms with Gasteiger partial charge < -0.3 is 0 Å². The van der Waals surface area contributed by atoms with E-state index in [1.807, 2.05) is 30.3 Å². The SMILES string of the molecule is Cc1[nH]n(-c2ccccc2)c(=O)c1C=NCCN1C(=O)S/C(=C\c2ccc(Cl)cc2)C1=O. The van der Waals surface area contributed by atoms with Crippen LogP contribution >= 0.6 is 23.4 Å². The average molecular weight is 467 g/mol. The van der Waals surface area contributed by atoms with Crippen LogP contribution in [0.2, 0.25) is 5.02 Å². The first-order valence-corrected chi connectivity index (χ1v) is 11.0. The van der Waals surface area contributed by atoms with Gasteiger partial charge in [-0.1, -0.05) is 41.9 Å². The number of nitrogens with zero attached hydrogens (tertiary/aromatic N) is 3. The van der Waals surface area contributed by atoms with Crippen LogP contribution in [0.25, 0.3) is 11.8 Å². The number of aliphatic imine (C=N–C) groups is 1. The molecule has 0 unspecified atom stereocenters. The van der Waals surface area contributed by atoms with Crippen LogP contribution < -0.4 is 5.56 Å². The summed E-state index contributed by atoms with van der Waals surface area (Å²) < 4.78 is 1.45. The molecule has 1 aliphatic rings. The minimum absolute atomic E-state index is 0.134. The molecule has 7 nitrogen and oxygen atoms in total. The maximum absolute atomic E-state index is 12.7. The first-order chi connectivity index (χ1) is 15.4. The number of amides is 2. The van der Waals surface area contributed by atoms with Crippen LogP contribution in [0.3, 0.4) is 0 Å². The Morgan fingerprint density at radius 2 is 1.78 bits per heavy atom. The predicted molar refractivity (Wildman–Crippen MR) is 128 cm³/mol. The third-order valence-corrected chi connectivity index (χ3v) is 6.01. The number of aromatic amines is 1. The van der Waals surface area contributed by atoms with E-state index in [1.54, 1.807) is 37.3 Å². The van der Waals surface area contributed by atoms with Crippen LogP contribution in [0.1, 0.15) is 16.8 Å². The second kappa shape index (κ2) is 9.42. The van der Waals surface area contributed by atoms with Gasteiger partial charge in [-0.3, -0.25) is 29.4 Å². The molecule has 2 heterocycles. The molecule has 1 N–H and O–H groups in total. The highest BCUT2D eigenvalue weighted by molar-refractivity contribution is 8.18. The Bertz CT molecular complexity index is 1280. The summed E-state index contributed by atoms with van der Waals surface area (Å²) in [4.78, 5) is 43.3. The molecule has 0 radical (unpaired) electrons. The predicted octanol–water partition coefficient (Wildman–Crippen LogP) is 4.28. The molecule has 1 aromatic heterocycles. The number of hydrogen-bond donors (Lipinski definition) is 1. The molecule has 1 fully saturated rings. The molecule has 2 amide bonds. The molecule has 0 bridgehead atoms. The third-order valence-electron chi connectivity index (χ3n) is 4.85. The highest BCUT2D eigenvalue weighted by Gasteiger charge is 2.34. The van der Waals surface area contributed by atoms with Gasteiger partial charge in [0.2, 0.25) is 0 Å². The lowest BCUT2D eigenvalue weighted by Gasteiger charge is -2.09. The molecular weight excluding hydrogens is 448 g/mol. The molecule has 3 aromatic rings. The summed E-state index contributed by atoms with van der Waals surface area (Å²) in [5.41, 5.74) is 2.42. The van der Waals surface area contributed by atoms with E-state index in [0.29, 0.717) is 21.2 Å². The molecule has 162 valence electrons. The number of hydrogen-bond acceptors (Lipinski definition) is 5. The van der Waals surface area contributed by atoms with Crippen LogP contribution in [0, 0.1) is 6.92 Å². The minimum atomic E-state index is -0.352. The van der Waals surface area contributed by atoms with Crippen LogP contribution in [0.15, 0.2) is 69.3 Å². The smallest absolute Gasteiger partial charge is 0.293 e. The molecule has 9 heteroatoms. The number of rotatable bonds is 6. The van der Waals surface area contributed by atoms with Gasteiger partial charge in [0.05, 0.1) is 22.7 Å². The molecule has 0 atom stereocenters. The number of aryl methyl sites for hydroxylation is 1. The number of nitrogens with one attached hydrogen (secondary N) is 1. The Hall–Kier alpha value is -3.36. The van der Waals surface area contributed by atoms with Crippen molar-refractivity contribution in [1.29, 1.82) is 0 Å². The monoisotopic (exact) mass is 466 g/mol. The van der Waals surface area contributed by atoms with Crippen LogP contribution in [-0.4, -0.2) is 45.1 Å². The first-order valence-electron chi connectivity index (χ1n) is 9.82. The fraction of sp³-hybridized carbons (Fsp3) is 0.130. The Morgan fingerprint density at radius 3 is 2.50 bits per heavy atom. The molecule has 1 saturated heterocycles. The zero-order valence-corrected chi connectivity index (χ0v) is 18.7. The number of imide groups is 1. The number of thioether (sulfide) groups is 1. The number of halogens is 1. The van der Waals surface area contributed by atoms with E-state index in [1.165, 1.54) is 10.9 Å². The molecule has 0 aliphatic carbocycles. The van der Waals surface area contributed by atoms with Gasteiger partial charge >= 0.3 is 0 Å². The van der Waals surface area contributed by atoms with E-state index < -0.39 is 0 Å². The van der Waals surface area contributed by atoms with Gasteiger partial charge in [-0.05, 0) is 54.6 Å². The van der Waals surface area contributed by atoms with Crippen molar-refractivity contribution in [3.8, 4) is 5.69 Å². The quantitative estimate of drug-likeness (QED) is 0.433. The van der Waals surface area contributed by atoms with Crippen LogP contribution in [0.4, 0.5) is 4.79 Å². The first kappa shape index (κ1) is 21.9. The van der Waals surface area contributed by atoms with E-state index in [9.17, 15) is 14.4 Å². The fourth-order valence-corrected chi connectivity index (χ4v) is 4.18. The molecule has 2 aromatic carbocycles. The van der Waals surface area contributed by atoms with Gasteiger partial charge in [-0.2, -0.15) is 0 Å². The minimum Gasteiger partial charge on any atom is -0.295 e. The van der Waals surface area contributed by atoms with E-state index in [4.69, 9.17) is 11.6 Å². The summed E-state index contributed by atoms with van der Waals surface area (Å²) in [6.45, 7) is 2.12. The third kappa shape index (κ3) is 4.61. The van der Waals surface area contributed by atoms with Crippen molar-refractivity contribution in [2.45, 2.75) is 6.92 Å². The van der Waals surface area contributed by atoms with Crippen molar-refractivity contribution in [3.05, 3.63) is 91.7 Å². The standard InChI is InChI=1S/C23H19ClN4O3S/c1-15-19(21(29)28(26-15)18-5-3-2-4-6-18)14-25-11-12-27-22(30)20(32-23(27)31)13-16-7-9-17(24)10-8-16/h2-10,13-14,26H,11-12H2,1H3/b20-13-,25-14?. The summed E-state index contributed by atoms with van der Waals surface area (Å²) in [6.07, 6.45) is 3.15. The number of H-pyrrole nitrogens is 1. The van der Waals surface area contributed by atoms with E-state index in [0.717, 1.165) is 27.9 Å². The number of para-hydroxylation sites is 1. The van der Waals surface area contributed by atoms with E-state index >= 15 is 0 Å². The van der Waals surface area contributed by atoms with E-state index in [-0.39, 0.29) is 29.8 Å². The van der Waals surface area contributed by atoms with Gasteiger partial charge in [0, 0.05) is 23.5 Å². The number of benzene rings is 2. The lowest BCUT2D eigenvalue weighted by molar-refractivity contribution is -0.122. The van der Waals surface area contributed by atoms with Crippen LogP contribution in [0.5, 0.6) is 0 Å². The van der Waals surface area contributed by atoms with Gasteiger partial charge in [0.15, 0.2) is 0 Å². The topological polar surface area (TPSA) is 87.5 Å². The molecule has 32 heavy (non-hydrogen) atoms. The zero-order valence-electron chi connectivity index (χ0n) is 17.1. The fourth-order valence-electron chi connectivity index (χ4n) is 3.19. The second-order valence-electron chi connectivity index (χ2n) is 7.05. The Kier molecular flexibility index (Phi) is 6.43. The molecular formula is C23H19ClN4O3S. The van der Waals surface area contributed by atoms with Gasteiger partial charge in [0.1, 0.15) is 0 Å². The number of carbonyl (C=O) groups is 2.